The summed E-state index contributed by atoms with van der Waals surface area (Å²) in [4.78, 5) is 23.4. The molecule has 6 heteroatoms. The van der Waals surface area contributed by atoms with Gasteiger partial charge in [-0.3, -0.25) is 9.59 Å². The van der Waals surface area contributed by atoms with E-state index in [-0.39, 0.29) is 36.3 Å². The Hall–Kier alpha value is -0.810. The van der Waals surface area contributed by atoms with Gasteiger partial charge in [0, 0.05) is 31.5 Å². The number of nitrogens with two attached hydrogens (primary N) is 1. The van der Waals surface area contributed by atoms with E-state index in [1.165, 1.54) is 12.8 Å². The van der Waals surface area contributed by atoms with E-state index in [9.17, 15) is 9.59 Å². The predicted octanol–water partition coefficient (Wildman–Crippen LogP) is 1.74. The molecule has 0 aromatic rings. The quantitative estimate of drug-likeness (QED) is 0.668. The van der Waals surface area contributed by atoms with E-state index in [4.69, 9.17) is 5.73 Å². The molecule has 3 atom stereocenters. The Morgan fingerprint density at radius 3 is 2.52 bits per heavy atom. The predicted molar refractivity (Wildman–Crippen MR) is 87.3 cm³/mol. The minimum absolute atomic E-state index is 0. The number of nitrogens with one attached hydrogen (secondary N) is 2. The monoisotopic (exact) mass is 319 g/mol. The molecule has 0 heterocycles. The maximum atomic E-state index is 11.8. The number of hydrogen-bond acceptors (Lipinski definition) is 3. The van der Waals surface area contributed by atoms with E-state index in [0.717, 1.165) is 19.3 Å². The van der Waals surface area contributed by atoms with Gasteiger partial charge in [-0.05, 0) is 32.1 Å². The van der Waals surface area contributed by atoms with Gasteiger partial charge in [0.2, 0.25) is 11.8 Å². The Morgan fingerprint density at radius 2 is 1.90 bits per heavy atom. The first-order valence-electron chi connectivity index (χ1n) is 7.84. The van der Waals surface area contributed by atoms with Crippen LogP contribution in [0.3, 0.4) is 0 Å². The Morgan fingerprint density at radius 1 is 1.24 bits per heavy atom. The summed E-state index contributed by atoms with van der Waals surface area (Å²) >= 11 is 0. The zero-order valence-corrected chi connectivity index (χ0v) is 14.0. The van der Waals surface area contributed by atoms with Crippen LogP contribution in [0.1, 0.15) is 58.8 Å². The summed E-state index contributed by atoms with van der Waals surface area (Å²) in [5.41, 5.74) is 6.03. The fraction of sp³-hybridized carbons (Fsp3) is 0.867. The minimum atomic E-state index is -0.00554. The molecule has 1 aliphatic carbocycles. The van der Waals surface area contributed by atoms with Gasteiger partial charge in [0.25, 0.3) is 0 Å². The van der Waals surface area contributed by atoms with Crippen LogP contribution < -0.4 is 16.4 Å². The fourth-order valence-corrected chi connectivity index (χ4v) is 2.56. The molecule has 0 aromatic carbocycles. The van der Waals surface area contributed by atoms with Gasteiger partial charge in [-0.1, -0.05) is 19.8 Å². The van der Waals surface area contributed by atoms with Crippen LogP contribution in [0.2, 0.25) is 0 Å². The van der Waals surface area contributed by atoms with Crippen LogP contribution in [-0.2, 0) is 9.59 Å². The molecule has 0 spiro atoms. The second kappa shape index (κ2) is 10.9. The van der Waals surface area contributed by atoms with Crippen molar-refractivity contribution in [3.8, 4) is 0 Å². The lowest BCUT2D eigenvalue weighted by Gasteiger charge is -2.27. The summed E-state index contributed by atoms with van der Waals surface area (Å²) in [6.07, 6.45) is 6.16. The highest BCUT2D eigenvalue weighted by molar-refractivity contribution is 5.85. The standard InChI is InChI=1S/C15H29N3O2.ClH/c1-3-11(2)18-14(19)8-9-17-15(20)10-12-6-4-5-7-13(12)16;/h11-13H,3-10,16H2,1-2H3,(H,17,20)(H,18,19);1H. The van der Waals surface area contributed by atoms with Gasteiger partial charge in [0.1, 0.15) is 0 Å². The van der Waals surface area contributed by atoms with Gasteiger partial charge in [0.15, 0.2) is 0 Å². The van der Waals surface area contributed by atoms with Crippen molar-refractivity contribution in [2.24, 2.45) is 11.7 Å². The smallest absolute Gasteiger partial charge is 0.221 e. The minimum Gasteiger partial charge on any atom is -0.356 e. The Balaban J connectivity index is 0.00000400. The van der Waals surface area contributed by atoms with Crippen molar-refractivity contribution in [2.45, 2.75) is 70.9 Å². The third kappa shape index (κ3) is 8.27. The number of hydrogen-bond donors (Lipinski definition) is 3. The van der Waals surface area contributed by atoms with Crippen LogP contribution in [-0.4, -0.2) is 30.4 Å². The maximum Gasteiger partial charge on any atom is 0.221 e. The Labute approximate surface area is 134 Å². The third-order valence-electron chi connectivity index (χ3n) is 4.11. The van der Waals surface area contributed by atoms with Crippen LogP contribution >= 0.6 is 12.4 Å². The number of amides is 2. The van der Waals surface area contributed by atoms with Gasteiger partial charge in [0.05, 0.1) is 0 Å². The second-order valence-corrected chi connectivity index (χ2v) is 5.89. The molecule has 0 aliphatic heterocycles. The van der Waals surface area contributed by atoms with Crippen LogP contribution in [0, 0.1) is 5.92 Å². The number of halogens is 1. The summed E-state index contributed by atoms with van der Waals surface area (Å²) in [6, 6.07) is 0.349. The average Bonchev–Trinajstić information content (AvgIpc) is 2.41. The van der Waals surface area contributed by atoms with Crippen molar-refractivity contribution in [3.63, 3.8) is 0 Å². The molecule has 2 amide bonds. The molecule has 1 rings (SSSR count). The van der Waals surface area contributed by atoms with Gasteiger partial charge in [-0.2, -0.15) is 0 Å². The Kier molecular flexibility index (Phi) is 10.4. The summed E-state index contributed by atoms with van der Waals surface area (Å²) < 4.78 is 0. The normalized spacial score (nSPS) is 22.8. The summed E-state index contributed by atoms with van der Waals surface area (Å²) in [5, 5.41) is 5.70. The highest BCUT2D eigenvalue weighted by atomic mass is 35.5. The first kappa shape index (κ1) is 20.2. The van der Waals surface area contributed by atoms with Crippen LogP contribution in [0.25, 0.3) is 0 Å². The van der Waals surface area contributed by atoms with Crippen LogP contribution in [0.5, 0.6) is 0 Å². The second-order valence-electron chi connectivity index (χ2n) is 5.89. The van der Waals surface area contributed by atoms with Crippen molar-refractivity contribution < 1.29 is 9.59 Å². The molecule has 5 nitrogen and oxygen atoms in total. The molecule has 1 fully saturated rings. The lowest BCUT2D eigenvalue weighted by atomic mass is 9.83. The number of carbonyl (C=O) groups is 2. The molecular formula is C15H30ClN3O2. The van der Waals surface area contributed by atoms with Gasteiger partial charge in [-0.25, -0.2) is 0 Å². The summed E-state index contributed by atoms with van der Waals surface area (Å²) in [7, 11) is 0. The fourth-order valence-electron chi connectivity index (χ4n) is 2.56. The van der Waals surface area contributed by atoms with E-state index < -0.39 is 0 Å². The largest absolute Gasteiger partial charge is 0.356 e. The SMILES string of the molecule is CCC(C)NC(=O)CCNC(=O)CC1CCCCC1N.Cl. The molecule has 1 saturated carbocycles. The van der Waals surface area contributed by atoms with Crippen molar-refractivity contribution in [1.82, 2.24) is 10.6 Å². The molecule has 21 heavy (non-hydrogen) atoms. The first-order valence-corrected chi connectivity index (χ1v) is 7.84. The van der Waals surface area contributed by atoms with Gasteiger partial charge >= 0.3 is 0 Å². The number of carbonyl (C=O) groups excluding carboxylic acids is 2. The van der Waals surface area contributed by atoms with Crippen LogP contribution in [0.4, 0.5) is 0 Å². The van der Waals surface area contributed by atoms with Crippen molar-refractivity contribution in [3.05, 3.63) is 0 Å². The highest BCUT2D eigenvalue weighted by Crippen LogP contribution is 2.25. The van der Waals surface area contributed by atoms with E-state index >= 15 is 0 Å². The molecule has 0 bridgehead atoms. The molecular weight excluding hydrogens is 290 g/mol. The van der Waals surface area contributed by atoms with Gasteiger partial charge < -0.3 is 16.4 Å². The zero-order valence-electron chi connectivity index (χ0n) is 13.2. The molecule has 3 unspecified atom stereocenters. The van der Waals surface area contributed by atoms with Crippen LogP contribution in [0.15, 0.2) is 0 Å². The third-order valence-corrected chi connectivity index (χ3v) is 4.11. The van der Waals surface area contributed by atoms with Crippen molar-refractivity contribution in [1.29, 1.82) is 0 Å². The average molecular weight is 320 g/mol. The zero-order chi connectivity index (χ0) is 15.0. The summed E-state index contributed by atoms with van der Waals surface area (Å²) in [5.74, 6) is 0.315. The highest BCUT2D eigenvalue weighted by Gasteiger charge is 2.23. The lowest BCUT2D eigenvalue weighted by molar-refractivity contribution is -0.123. The molecule has 0 radical (unpaired) electrons. The molecule has 0 aromatic heterocycles. The van der Waals surface area contributed by atoms with Crippen molar-refractivity contribution >= 4 is 24.2 Å². The van der Waals surface area contributed by atoms with E-state index in [1.807, 2.05) is 13.8 Å². The Bertz CT molecular complexity index is 326. The van der Waals surface area contributed by atoms with E-state index in [1.54, 1.807) is 0 Å². The topological polar surface area (TPSA) is 84.2 Å². The maximum absolute atomic E-state index is 11.8. The van der Waals surface area contributed by atoms with E-state index in [0.29, 0.717) is 25.3 Å². The molecule has 1 aliphatic rings. The lowest BCUT2D eigenvalue weighted by Crippen LogP contribution is -2.38. The number of rotatable bonds is 7. The van der Waals surface area contributed by atoms with E-state index in [2.05, 4.69) is 10.6 Å². The molecule has 0 saturated heterocycles. The molecule has 4 N–H and O–H groups in total. The molecule has 124 valence electrons. The summed E-state index contributed by atoms with van der Waals surface area (Å²) in [6.45, 7) is 4.41. The van der Waals surface area contributed by atoms with Crippen molar-refractivity contribution in [2.75, 3.05) is 6.54 Å². The first-order chi connectivity index (χ1) is 9.52. The van der Waals surface area contributed by atoms with Gasteiger partial charge in [-0.15, -0.1) is 12.4 Å².